The zero-order valence-corrected chi connectivity index (χ0v) is 19.9. The summed E-state index contributed by atoms with van der Waals surface area (Å²) in [6, 6.07) is 19.5. The number of nitrogens with zero attached hydrogens (tertiary/aromatic N) is 1. The van der Waals surface area contributed by atoms with Crippen molar-refractivity contribution >= 4 is 39.2 Å². The Kier molecular flexibility index (Phi) is 8.31. The minimum absolute atomic E-state index is 0. The lowest BCUT2D eigenvalue weighted by atomic mass is 10.1. The fraction of sp³-hybridized carbons (Fsp3) is 0.292. The van der Waals surface area contributed by atoms with Crippen molar-refractivity contribution in [3.63, 3.8) is 0 Å². The standard InChI is InChI=1S/C24H28N4O3S.ClH/c25-16-18-9-11-19(12-10-18)17-28(24(29)26-22-7-3-4-8-22)27-32(30,31)23-14-13-20-5-1-2-6-21(20)15-23;/h1-2,5-6,9-15,22,27H,3-4,7-8,16-17,25H2,(H,26,29);1H. The third-order valence-electron chi connectivity index (χ3n) is 5.79. The summed E-state index contributed by atoms with van der Waals surface area (Å²) >= 11 is 0. The molecule has 0 spiro atoms. The molecule has 0 saturated heterocycles. The Bertz CT molecular complexity index is 1200. The normalized spacial score (nSPS) is 14.1. The number of nitrogens with two attached hydrogens (primary N) is 1. The molecule has 1 fully saturated rings. The lowest BCUT2D eigenvalue weighted by molar-refractivity contribution is 0.181. The molecule has 33 heavy (non-hydrogen) atoms. The lowest BCUT2D eigenvalue weighted by Crippen LogP contribution is -2.52. The van der Waals surface area contributed by atoms with Gasteiger partial charge in [-0.2, -0.15) is 0 Å². The highest BCUT2D eigenvalue weighted by Crippen LogP contribution is 2.20. The van der Waals surface area contributed by atoms with Crippen molar-refractivity contribution in [3.05, 3.63) is 77.9 Å². The Hall–Kier alpha value is -2.65. The molecule has 3 aromatic carbocycles. The molecule has 7 nitrogen and oxygen atoms in total. The minimum Gasteiger partial charge on any atom is -0.334 e. The van der Waals surface area contributed by atoms with E-state index in [1.165, 1.54) is 0 Å². The molecule has 4 N–H and O–H groups in total. The summed E-state index contributed by atoms with van der Waals surface area (Å²) in [5.41, 5.74) is 7.42. The van der Waals surface area contributed by atoms with E-state index < -0.39 is 16.1 Å². The van der Waals surface area contributed by atoms with Crippen molar-refractivity contribution in [2.75, 3.05) is 0 Å². The third kappa shape index (κ3) is 6.23. The van der Waals surface area contributed by atoms with Crippen LogP contribution in [0.4, 0.5) is 4.79 Å². The van der Waals surface area contributed by atoms with Gasteiger partial charge in [-0.05, 0) is 46.9 Å². The van der Waals surface area contributed by atoms with Crippen LogP contribution in [0.1, 0.15) is 36.8 Å². The quantitative estimate of drug-likeness (QED) is 0.436. The maximum Gasteiger partial charge on any atom is 0.333 e. The van der Waals surface area contributed by atoms with Crippen LogP contribution < -0.4 is 15.9 Å². The van der Waals surface area contributed by atoms with Crippen LogP contribution >= 0.6 is 12.4 Å². The number of rotatable bonds is 7. The molecule has 9 heteroatoms. The number of hydrogen-bond acceptors (Lipinski definition) is 4. The number of hydrogen-bond donors (Lipinski definition) is 3. The first-order valence-electron chi connectivity index (χ1n) is 10.8. The molecule has 1 aliphatic carbocycles. The maximum atomic E-state index is 13.2. The van der Waals surface area contributed by atoms with Crippen molar-refractivity contribution in [3.8, 4) is 0 Å². The van der Waals surface area contributed by atoms with Crippen LogP contribution in [0, 0.1) is 0 Å². The number of benzene rings is 3. The summed E-state index contributed by atoms with van der Waals surface area (Å²) in [5.74, 6) is 0. The first-order chi connectivity index (χ1) is 15.4. The van der Waals surface area contributed by atoms with Crippen LogP contribution in [-0.4, -0.2) is 25.5 Å². The van der Waals surface area contributed by atoms with Gasteiger partial charge >= 0.3 is 6.03 Å². The first-order valence-corrected chi connectivity index (χ1v) is 12.3. The summed E-state index contributed by atoms with van der Waals surface area (Å²) < 4.78 is 26.3. The average Bonchev–Trinajstić information content (AvgIpc) is 3.31. The predicted molar refractivity (Wildman–Crippen MR) is 132 cm³/mol. The Morgan fingerprint density at radius 1 is 0.939 bits per heavy atom. The van der Waals surface area contributed by atoms with Gasteiger partial charge in [-0.1, -0.05) is 67.4 Å². The van der Waals surface area contributed by atoms with Gasteiger partial charge in [0.2, 0.25) is 0 Å². The number of hydrazine groups is 1. The Labute approximate surface area is 200 Å². The number of carbonyl (C=O) groups is 1. The number of carbonyl (C=O) groups excluding carboxylic acids is 1. The average molecular weight is 489 g/mol. The lowest BCUT2D eigenvalue weighted by Gasteiger charge is -2.25. The van der Waals surface area contributed by atoms with E-state index in [9.17, 15) is 13.2 Å². The second-order valence-corrected chi connectivity index (χ2v) is 9.80. The van der Waals surface area contributed by atoms with Crippen molar-refractivity contribution in [1.82, 2.24) is 15.2 Å². The fourth-order valence-corrected chi connectivity index (χ4v) is 5.04. The number of urea groups is 1. The molecule has 176 valence electrons. The monoisotopic (exact) mass is 488 g/mol. The van der Waals surface area contributed by atoms with E-state index in [0.29, 0.717) is 6.54 Å². The minimum atomic E-state index is -3.97. The molecule has 0 aromatic heterocycles. The van der Waals surface area contributed by atoms with Crippen molar-refractivity contribution in [2.45, 2.75) is 49.7 Å². The second-order valence-electron chi connectivity index (χ2n) is 8.14. The fourth-order valence-electron chi connectivity index (χ4n) is 3.96. The molecule has 1 saturated carbocycles. The highest BCUT2D eigenvalue weighted by Gasteiger charge is 2.26. The van der Waals surface area contributed by atoms with Crippen molar-refractivity contribution < 1.29 is 13.2 Å². The molecule has 0 atom stereocenters. The summed E-state index contributed by atoms with van der Waals surface area (Å²) in [4.78, 5) is 15.6. The number of amides is 2. The summed E-state index contributed by atoms with van der Waals surface area (Å²) in [6.45, 7) is 0.511. The molecule has 2 amide bonds. The van der Waals surface area contributed by atoms with E-state index in [4.69, 9.17) is 5.73 Å². The van der Waals surface area contributed by atoms with Gasteiger partial charge in [0, 0.05) is 12.6 Å². The SMILES string of the molecule is Cl.NCc1ccc(CN(NS(=O)(=O)c2ccc3ccccc3c2)C(=O)NC2CCCC2)cc1. The second kappa shape index (κ2) is 11.0. The van der Waals surface area contributed by atoms with E-state index in [1.807, 2.05) is 48.5 Å². The van der Waals surface area contributed by atoms with Crippen LogP contribution in [0.15, 0.2) is 71.6 Å². The molecule has 0 aliphatic heterocycles. The molecule has 0 unspecified atom stereocenters. The van der Waals surface area contributed by atoms with Gasteiger partial charge in [0.25, 0.3) is 10.0 Å². The Morgan fingerprint density at radius 2 is 1.58 bits per heavy atom. The topological polar surface area (TPSA) is 105 Å². The molecule has 3 aromatic rings. The van der Waals surface area contributed by atoms with E-state index >= 15 is 0 Å². The number of sulfonamides is 1. The molecule has 0 bridgehead atoms. The zero-order valence-electron chi connectivity index (χ0n) is 18.2. The highest BCUT2D eigenvalue weighted by molar-refractivity contribution is 7.89. The van der Waals surface area contributed by atoms with Gasteiger partial charge in [0.05, 0.1) is 11.4 Å². The van der Waals surface area contributed by atoms with Gasteiger partial charge in [0.15, 0.2) is 0 Å². The van der Waals surface area contributed by atoms with Crippen molar-refractivity contribution in [2.24, 2.45) is 5.73 Å². The Balaban J connectivity index is 0.00000306. The van der Waals surface area contributed by atoms with Crippen molar-refractivity contribution in [1.29, 1.82) is 0 Å². The number of halogens is 1. The summed E-state index contributed by atoms with van der Waals surface area (Å²) in [5, 5.41) is 5.87. The van der Waals surface area contributed by atoms with Crippen LogP contribution in [0.2, 0.25) is 0 Å². The molecule has 0 radical (unpaired) electrons. The van der Waals surface area contributed by atoms with Crippen LogP contribution in [-0.2, 0) is 23.1 Å². The van der Waals surface area contributed by atoms with E-state index in [-0.39, 0.29) is 29.9 Å². The third-order valence-corrected chi connectivity index (χ3v) is 7.12. The van der Waals surface area contributed by atoms with Crippen LogP contribution in [0.5, 0.6) is 0 Å². The van der Waals surface area contributed by atoms with Crippen LogP contribution in [0.25, 0.3) is 10.8 Å². The summed E-state index contributed by atoms with van der Waals surface area (Å²) in [6.07, 6.45) is 3.94. The molecule has 4 rings (SSSR count). The smallest absolute Gasteiger partial charge is 0.333 e. The van der Waals surface area contributed by atoms with E-state index in [2.05, 4.69) is 10.1 Å². The van der Waals surface area contributed by atoms with Gasteiger partial charge in [-0.3, -0.25) is 0 Å². The van der Waals surface area contributed by atoms with E-state index in [1.54, 1.807) is 18.2 Å². The molecular formula is C24H29ClN4O3S. The Morgan fingerprint density at radius 3 is 2.24 bits per heavy atom. The molecular weight excluding hydrogens is 460 g/mol. The summed E-state index contributed by atoms with van der Waals surface area (Å²) in [7, 11) is -3.97. The van der Waals surface area contributed by atoms with E-state index in [0.717, 1.165) is 52.6 Å². The van der Waals surface area contributed by atoms with Gasteiger partial charge in [-0.25, -0.2) is 18.2 Å². The van der Waals surface area contributed by atoms with Crippen LogP contribution in [0.3, 0.4) is 0 Å². The molecule has 0 heterocycles. The first kappa shape index (κ1) is 25.0. The number of nitrogens with one attached hydrogen (secondary N) is 2. The maximum absolute atomic E-state index is 13.2. The van der Waals surface area contributed by atoms with Gasteiger partial charge in [0.1, 0.15) is 0 Å². The number of fused-ring (bicyclic) bond motifs is 1. The highest BCUT2D eigenvalue weighted by atomic mass is 35.5. The van der Waals surface area contributed by atoms with Gasteiger partial charge in [-0.15, -0.1) is 17.2 Å². The zero-order chi connectivity index (χ0) is 22.6. The largest absolute Gasteiger partial charge is 0.334 e. The molecule has 1 aliphatic rings. The predicted octanol–water partition coefficient (Wildman–Crippen LogP) is 4.07. The van der Waals surface area contributed by atoms with Gasteiger partial charge < -0.3 is 11.1 Å².